The van der Waals surface area contributed by atoms with E-state index < -0.39 is 68.0 Å². The number of pyridine rings is 1. The minimum atomic E-state index is -3.84. The largest absolute Gasteiger partial charge is 0.507 e. The van der Waals surface area contributed by atoms with Crippen molar-refractivity contribution in [1.29, 1.82) is 0 Å². The minimum absolute atomic E-state index is 0. The maximum atomic E-state index is 11.5. The second-order valence-electron chi connectivity index (χ2n) is 18.4. The minimum Gasteiger partial charge on any atom is -0.507 e. The summed E-state index contributed by atoms with van der Waals surface area (Å²) in [5, 5.41) is 11.5. The van der Waals surface area contributed by atoms with Crippen LogP contribution in [0.2, 0.25) is 0 Å². The van der Waals surface area contributed by atoms with Crippen LogP contribution in [-0.4, -0.2) is 19.6 Å². The summed E-state index contributed by atoms with van der Waals surface area (Å²) >= 11 is 0. The number of aromatic nitrogens is 3. The Morgan fingerprint density at radius 3 is 2.00 bits per heavy atom. The number of hydrogen-bond donors (Lipinski definition) is 1. The van der Waals surface area contributed by atoms with Crippen molar-refractivity contribution in [1.82, 2.24) is 14.5 Å². The van der Waals surface area contributed by atoms with Crippen molar-refractivity contribution < 1.29 is 48.1 Å². The zero-order chi connectivity index (χ0) is 59.3. The number of nitrogens with zero attached hydrogens (tertiary/aromatic N) is 3. The molecule has 5 heteroatoms. The van der Waals surface area contributed by atoms with E-state index in [1.165, 1.54) is 24.4 Å². The number of phenolic OH excluding ortho intramolecular Hbond substituents is 1. The molecule has 66 heavy (non-hydrogen) atoms. The van der Waals surface area contributed by atoms with Crippen molar-refractivity contribution in [2.75, 3.05) is 0 Å². The van der Waals surface area contributed by atoms with Crippen LogP contribution in [0.4, 0.5) is 0 Å². The van der Waals surface area contributed by atoms with Gasteiger partial charge in [-0.3, -0.25) is 9.55 Å². The molecule has 1 N–H and O–H groups in total. The average Bonchev–Trinajstić information content (AvgIpc) is 3.82. The predicted molar refractivity (Wildman–Crippen MR) is 273 cm³/mol. The van der Waals surface area contributed by atoms with Gasteiger partial charge >= 0.3 is 0 Å². The predicted octanol–water partition coefficient (Wildman–Crippen LogP) is 16.1. The van der Waals surface area contributed by atoms with Gasteiger partial charge in [-0.25, -0.2) is 4.98 Å². The van der Waals surface area contributed by atoms with Crippen molar-refractivity contribution in [3.63, 3.8) is 0 Å². The van der Waals surface area contributed by atoms with Gasteiger partial charge in [0.05, 0.1) is 27.8 Å². The van der Waals surface area contributed by atoms with Gasteiger partial charge < -0.3 is 5.11 Å². The molecule has 0 unspecified atom stereocenters. The molecule has 0 amide bonds. The van der Waals surface area contributed by atoms with Gasteiger partial charge in [-0.1, -0.05) is 182 Å². The SMILES string of the molecule is [2H]c1c([2H])c(C(C([2H])([2H])[2H])(C([2H])([2H])[2H])C([2H])([2H])[2H])c([2H])c([2H])c1-c1ccnc(-c2[c-]c(-c3cccc4c3nc(-c3ccccc3O)n4-c3ccc(-c4c(-c5ccccc5)cccc4C(C)(C)C)cc3C([2H])([2H])[2H])cc(C(C)(C)C)c2)c1.[Pt]. The smallest absolute Gasteiger partial charge is 0.148 e. The summed E-state index contributed by atoms with van der Waals surface area (Å²) in [7, 11) is 0. The molecule has 9 rings (SSSR count). The van der Waals surface area contributed by atoms with Crippen LogP contribution in [0.5, 0.6) is 5.75 Å². The van der Waals surface area contributed by atoms with Crippen LogP contribution < -0.4 is 0 Å². The van der Waals surface area contributed by atoms with Crippen LogP contribution >= 0.6 is 0 Å². The van der Waals surface area contributed by atoms with E-state index in [9.17, 15) is 5.11 Å². The number of imidazole rings is 1. The monoisotopic (exact) mass is 1060 g/mol. The quantitative estimate of drug-likeness (QED) is 0.162. The Morgan fingerprint density at radius 2 is 1.29 bits per heavy atom. The van der Waals surface area contributed by atoms with Crippen LogP contribution in [-0.2, 0) is 37.3 Å². The fourth-order valence-corrected chi connectivity index (χ4v) is 8.30. The van der Waals surface area contributed by atoms with Gasteiger partial charge in [0.2, 0.25) is 0 Å². The first-order valence-corrected chi connectivity index (χ1v) is 21.4. The molecule has 0 fully saturated rings. The third-order valence-corrected chi connectivity index (χ3v) is 11.7. The fourth-order valence-electron chi connectivity index (χ4n) is 8.30. The zero-order valence-electron chi connectivity index (χ0n) is 53.4. The van der Waals surface area contributed by atoms with E-state index in [1.54, 1.807) is 34.9 Å². The molecule has 7 aromatic carbocycles. The van der Waals surface area contributed by atoms with Crippen molar-refractivity contribution in [2.24, 2.45) is 0 Å². The number of aryl methyl sites for hydroxylation is 1. The van der Waals surface area contributed by atoms with Gasteiger partial charge in [0.25, 0.3) is 0 Å². The van der Waals surface area contributed by atoms with Crippen LogP contribution in [0.1, 0.15) is 106 Å². The average molecular weight is 1060 g/mol. The Kier molecular flexibility index (Phi) is 8.10. The maximum Gasteiger partial charge on any atom is 0.148 e. The molecule has 0 aliphatic rings. The molecular weight excluding hydrogens is 986 g/mol. The Labute approximate surface area is 428 Å². The Balaban J connectivity index is 0.00000880. The zero-order valence-corrected chi connectivity index (χ0v) is 39.7. The molecule has 0 radical (unpaired) electrons. The van der Waals surface area contributed by atoms with Crippen LogP contribution in [0.3, 0.4) is 0 Å². The van der Waals surface area contributed by atoms with E-state index in [1.807, 2.05) is 99.6 Å². The number of fused-ring (bicyclic) bond motifs is 1. The summed E-state index contributed by atoms with van der Waals surface area (Å²) in [6.07, 6.45) is 1.37. The summed E-state index contributed by atoms with van der Waals surface area (Å²) in [5.74, 6) is 0.168. The van der Waals surface area contributed by atoms with Gasteiger partial charge in [-0.05, 0) is 110 Å². The normalized spacial score (nSPS) is 16.3. The topological polar surface area (TPSA) is 50.9 Å². The molecular formula is C61H58N3OPt-. The first kappa shape index (κ1) is 30.0. The second kappa shape index (κ2) is 17.8. The molecule has 2 aromatic heterocycles. The van der Waals surface area contributed by atoms with Gasteiger partial charge in [0.1, 0.15) is 11.6 Å². The van der Waals surface area contributed by atoms with E-state index in [-0.39, 0.29) is 60.4 Å². The Morgan fingerprint density at radius 1 is 0.591 bits per heavy atom. The molecule has 0 aliphatic carbocycles. The van der Waals surface area contributed by atoms with Crippen molar-refractivity contribution in [2.45, 2.75) is 85.2 Å². The van der Waals surface area contributed by atoms with Crippen molar-refractivity contribution >= 4 is 11.0 Å². The molecule has 4 nitrogen and oxygen atoms in total. The van der Waals surface area contributed by atoms with E-state index >= 15 is 0 Å². The third kappa shape index (κ3) is 8.97. The fraction of sp³-hybridized carbons (Fsp3) is 0.213. The molecule has 9 aromatic rings. The van der Waals surface area contributed by atoms with Crippen molar-refractivity contribution in [3.05, 3.63) is 192 Å². The summed E-state index contributed by atoms with van der Waals surface area (Å²) in [5.41, 5.74) is 2.58. The summed E-state index contributed by atoms with van der Waals surface area (Å²) in [6.45, 7) is -1.76. The Hall–Kier alpha value is -6.35. The Bertz CT molecular complexity index is 3860. The second-order valence-corrected chi connectivity index (χ2v) is 18.4. The molecule has 0 aliphatic heterocycles. The molecule has 0 spiro atoms. The number of hydrogen-bond acceptors (Lipinski definition) is 3. The molecule has 0 bridgehead atoms. The summed E-state index contributed by atoms with van der Waals surface area (Å²) < 4.78 is 139. The van der Waals surface area contributed by atoms with Gasteiger partial charge in [0, 0.05) is 49.4 Å². The van der Waals surface area contributed by atoms with E-state index in [0.29, 0.717) is 44.5 Å². The van der Waals surface area contributed by atoms with Crippen LogP contribution in [0, 0.1) is 12.9 Å². The summed E-state index contributed by atoms with van der Waals surface area (Å²) in [4.78, 5) is 9.91. The first-order valence-electron chi connectivity index (χ1n) is 29.4. The van der Waals surface area contributed by atoms with Crippen molar-refractivity contribution in [3.8, 4) is 78.6 Å². The molecule has 0 atom stereocenters. The number of para-hydroxylation sites is 2. The third-order valence-electron chi connectivity index (χ3n) is 11.7. The number of benzene rings is 7. The number of phenols is 1. The summed E-state index contributed by atoms with van der Waals surface area (Å²) in [6, 6.07) is 40.0. The standard InChI is InChI=1S/C61H58N3O.Pt/c1-39-34-43(56-48(41-18-12-11-13-19-41)21-16-23-51(56)61(8,9)10)28-31-53(39)64-54-24-17-22-49(57(54)63-58(64)50-20-14-15-25-55(50)65)44-35-45(37-47(36-44)60(5,6)7)52-38-42(32-33-62-52)40-26-29-46(30-27-40)59(2,3)4;/h11-34,36-38,65H,1-10H3;/q-1;/i1D3,2D3,3D3,4D3,26D,27D,29D,30D;. The van der Waals surface area contributed by atoms with E-state index in [4.69, 9.17) is 26.9 Å². The first-order chi connectivity index (χ1) is 37.6. The van der Waals surface area contributed by atoms with Gasteiger partial charge in [-0.2, -0.15) is 0 Å². The van der Waals surface area contributed by atoms with Crippen LogP contribution in [0.15, 0.2) is 164 Å². The molecule has 0 saturated carbocycles. The van der Waals surface area contributed by atoms with E-state index in [2.05, 4.69) is 37.9 Å². The number of rotatable bonds is 7. The molecule has 334 valence electrons. The van der Waals surface area contributed by atoms with Crippen LogP contribution in [0.25, 0.3) is 83.9 Å². The van der Waals surface area contributed by atoms with Gasteiger partial charge in [0.15, 0.2) is 0 Å². The van der Waals surface area contributed by atoms with Gasteiger partial charge in [-0.15, -0.1) is 29.3 Å². The molecule has 2 heterocycles. The van der Waals surface area contributed by atoms with E-state index in [0.717, 1.165) is 27.8 Å². The molecule has 0 saturated heterocycles. The number of aromatic hydroxyl groups is 1. The maximum absolute atomic E-state index is 11.5.